The fourth-order valence-corrected chi connectivity index (χ4v) is 3.67. The zero-order chi connectivity index (χ0) is 21.0. The number of ether oxygens (including phenoxy) is 1. The van der Waals surface area contributed by atoms with Crippen molar-refractivity contribution in [2.24, 2.45) is 0 Å². The van der Waals surface area contributed by atoms with Crippen molar-refractivity contribution in [3.63, 3.8) is 0 Å². The van der Waals surface area contributed by atoms with Crippen LogP contribution in [0.15, 0.2) is 41.0 Å². The molecular formula is C22H26N2O5. The third-order valence-corrected chi connectivity index (χ3v) is 5.27. The van der Waals surface area contributed by atoms with Gasteiger partial charge in [-0.3, -0.25) is 9.59 Å². The Morgan fingerprint density at radius 3 is 2.55 bits per heavy atom. The van der Waals surface area contributed by atoms with Crippen LogP contribution >= 0.6 is 0 Å². The Balaban J connectivity index is 1.63. The van der Waals surface area contributed by atoms with Gasteiger partial charge in [-0.05, 0) is 69.9 Å². The van der Waals surface area contributed by atoms with Gasteiger partial charge < -0.3 is 19.4 Å². The molecule has 0 radical (unpaired) electrons. The normalized spacial score (nSPS) is 18.9. The van der Waals surface area contributed by atoms with Gasteiger partial charge in [-0.15, -0.1) is 0 Å². The first-order valence-corrected chi connectivity index (χ1v) is 9.80. The lowest BCUT2D eigenvalue weighted by Crippen LogP contribution is -2.49. The van der Waals surface area contributed by atoms with Gasteiger partial charge in [-0.25, -0.2) is 4.79 Å². The summed E-state index contributed by atoms with van der Waals surface area (Å²) in [6.45, 7) is 5.55. The van der Waals surface area contributed by atoms with Gasteiger partial charge in [-0.2, -0.15) is 0 Å². The summed E-state index contributed by atoms with van der Waals surface area (Å²) in [6, 6.07) is 8.32. The second kappa shape index (κ2) is 8.94. The zero-order valence-electron chi connectivity index (χ0n) is 16.9. The van der Waals surface area contributed by atoms with E-state index in [4.69, 9.17) is 9.15 Å². The molecule has 1 fully saturated rings. The molecule has 0 bridgehead atoms. The van der Waals surface area contributed by atoms with Gasteiger partial charge in [0.15, 0.2) is 12.4 Å². The number of piperidine rings is 1. The van der Waals surface area contributed by atoms with E-state index in [1.165, 1.54) is 12.3 Å². The van der Waals surface area contributed by atoms with Gasteiger partial charge in [-0.1, -0.05) is 6.07 Å². The van der Waals surface area contributed by atoms with Crippen molar-refractivity contribution in [3.05, 3.63) is 53.5 Å². The molecule has 1 aromatic carbocycles. The van der Waals surface area contributed by atoms with Crippen molar-refractivity contribution in [1.82, 2.24) is 4.90 Å². The van der Waals surface area contributed by atoms with E-state index in [-0.39, 0.29) is 35.9 Å². The molecule has 0 spiro atoms. The summed E-state index contributed by atoms with van der Waals surface area (Å²) in [4.78, 5) is 39.0. The fourth-order valence-electron chi connectivity index (χ4n) is 3.67. The summed E-state index contributed by atoms with van der Waals surface area (Å²) in [7, 11) is 0. The van der Waals surface area contributed by atoms with E-state index in [1.807, 2.05) is 20.8 Å². The van der Waals surface area contributed by atoms with E-state index in [9.17, 15) is 14.4 Å². The number of aryl methyl sites for hydroxylation is 1. The number of hydrogen-bond acceptors (Lipinski definition) is 5. The molecule has 2 atom stereocenters. The highest BCUT2D eigenvalue weighted by Crippen LogP contribution is 2.23. The van der Waals surface area contributed by atoms with E-state index in [2.05, 4.69) is 5.32 Å². The molecule has 1 aliphatic rings. The minimum absolute atomic E-state index is 0.146. The maximum atomic E-state index is 12.5. The number of amides is 2. The van der Waals surface area contributed by atoms with Crippen LogP contribution in [0.5, 0.6) is 0 Å². The lowest BCUT2D eigenvalue weighted by atomic mass is 9.97. The molecule has 0 aliphatic carbocycles. The summed E-state index contributed by atoms with van der Waals surface area (Å²) in [5.41, 5.74) is 1.52. The number of benzene rings is 1. The molecule has 3 rings (SSSR count). The van der Waals surface area contributed by atoms with Crippen LogP contribution in [0.2, 0.25) is 0 Å². The molecule has 7 heteroatoms. The number of furan rings is 1. The number of nitrogens with zero attached hydrogens (tertiary/aromatic N) is 1. The summed E-state index contributed by atoms with van der Waals surface area (Å²) >= 11 is 0. The minimum atomic E-state index is -0.607. The maximum absolute atomic E-state index is 12.5. The highest BCUT2D eigenvalue weighted by Gasteiger charge is 2.29. The Kier molecular flexibility index (Phi) is 6.36. The van der Waals surface area contributed by atoms with E-state index < -0.39 is 11.9 Å². The summed E-state index contributed by atoms with van der Waals surface area (Å²) in [5, 5.41) is 2.72. The predicted octanol–water partition coefficient (Wildman–Crippen LogP) is 3.79. The molecule has 154 valence electrons. The molecule has 1 saturated heterocycles. The largest absolute Gasteiger partial charge is 0.459 e. The number of anilines is 1. The summed E-state index contributed by atoms with van der Waals surface area (Å²) in [5.74, 6) is -1.03. The average molecular weight is 398 g/mol. The second-order valence-corrected chi connectivity index (χ2v) is 7.47. The predicted molar refractivity (Wildman–Crippen MR) is 108 cm³/mol. The van der Waals surface area contributed by atoms with Crippen LogP contribution in [0.1, 0.15) is 59.6 Å². The number of likely N-dealkylation sites (tertiary alicyclic amines) is 1. The van der Waals surface area contributed by atoms with Crippen LogP contribution < -0.4 is 5.32 Å². The minimum Gasteiger partial charge on any atom is -0.459 e. The third kappa shape index (κ3) is 4.85. The van der Waals surface area contributed by atoms with Crippen LogP contribution in [0.4, 0.5) is 5.69 Å². The maximum Gasteiger partial charge on any atom is 0.338 e. The van der Waals surface area contributed by atoms with Crippen molar-refractivity contribution < 1.29 is 23.5 Å². The van der Waals surface area contributed by atoms with E-state index >= 15 is 0 Å². The third-order valence-electron chi connectivity index (χ3n) is 5.27. The van der Waals surface area contributed by atoms with Crippen molar-refractivity contribution in [3.8, 4) is 0 Å². The topological polar surface area (TPSA) is 88.9 Å². The van der Waals surface area contributed by atoms with Crippen LogP contribution in [0, 0.1) is 6.92 Å². The van der Waals surface area contributed by atoms with Crippen LogP contribution in [0.3, 0.4) is 0 Å². The van der Waals surface area contributed by atoms with Crippen molar-refractivity contribution >= 4 is 23.5 Å². The number of carbonyl (C=O) groups is 3. The Labute approximate surface area is 170 Å². The second-order valence-electron chi connectivity index (χ2n) is 7.47. The van der Waals surface area contributed by atoms with Gasteiger partial charge in [0.05, 0.1) is 11.8 Å². The number of hydrogen-bond donors (Lipinski definition) is 1. The Morgan fingerprint density at radius 2 is 1.90 bits per heavy atom. The van der Waals surface area contributed by atoms with Crippen molar-refractivity contribution in [1.29, 1.82) is 0 Å². The lowest BCUT2D eigenvalue weighted by molar-refractivity contribution is -0.140. The van der Waals surface area contributed by atoms with Gasteiger partial charge in [0.1, 0.15) is 0 Å². The molecule has 7 nitrogen and oxygen atoms in total. The number of esters is 1. The molecule has 1 aliphatic heterocycles. The molecule has 1 N–H and O–H groups in total. The first kappa shape index (κ1) is 20.6. The Hall–Kier alpha value is -3.09. The van der Waals surface area contributed by atoms with E-state index in [0.29, 0.717) is 5.69 Å². The molecule has 2 heterocycles. The van der Waals surface area contributed by atoms with Crippen LogP contribution in [0.25, 0.3) is 0 Å². The molecule has 0 saturated carbocycles. The molecule has 2 amide bonds. The lowest BCUT2D eigenvalue weighted by Gasteiger charge is -2.38. The van der Waals surface area contributed by atoms with Crippen LogP contribution in [-0.4, -0.2) is 41.4 Å². The SMILES string of the molecule is Cc1ccc(C(=O)OCC(=O)N2[C@@H](C)CCC[C@@H]2C)cc1NC(=O)c1ccco1. The standard InChI is InChI=1S/C22H26N2O5/c1-14-9-10-17(12-18(14)23-21(26)19-8-5-11-28-19)22(27)29-13-20(25)24-15(2)6-4-7-16(24)3/h5,8-12,15-16H,4,6-7,13H2,1-3H3,(H,23,26)/t15-,16-/m0/s1. The number of carbonyl (C=O) groups excluding carboxylic acids is 3. The first-order valence-electron chi connectivity index (χ1n) is 9.80. The highest BCUT2D eigenvalue weighted by molar-refractivity contribution is 6.03. The van der Waals surface area contributed by atoms with Gasteiger partial charge >= 0.3 is 5.97 Å². The molecule has 1 aromatic heterocycles. The molecule has 0 unspecified atom stereocenters. The van der Waals surface area contributed by atoms with Gasteiger partial charge in [0, 0.05) is 17.8 Å². The Bertz CT molecular complexity index is 881. The highest BCUT2D eigenvalue weighted by atomic mass is 16.5. The summed E-state index contributed by atoms with van der Waals surface area (Å²) in [6.07, 6.45) is 4.43. The smallest absolute Gasteiger partial charge is 0.338 e. The van der Waals surface area contributed by atoms with E-state index in [0.717, 1.165) is 24.8 Å². The molecule has 2 aromatic rings. The fraction of sp³-hybridized carbons (Fsp3) is 0.409. The quantitative estimate of drug-likeness (QED) is 0.774. The van der Waals surface area contributed by atoms with Crippen molar-refractivity contribution in [2.45, 2.75) is 52.1 Å². The van der Waals surface area contributed by atoms with E-state index in [1.54, 1.807) is 29.2 Å². The number of nitrogens with one attached hydrogen (secondary N) is 1. The van der Waals surface area contributed by atoms with Crippen LogP contribution in [-0.2, 0) is 9.53 Å². The average Bonchev–Trinajstić information content (AvgIpc) is 3.22. The zero-order valence-corrected chi connectivity index (χ0v) is 16.9. The molecular weight excluding hydrogens is 372 g/mol. The molecule has 29 heavy (non-hydrogen) atoms. The van der Waals surface area contributed by atoms with Crippen molar-refractivity contribution in [2.75, 3.05) is 11.9 Å². The monoisotopic (exact) mass is 398 g/mol. The Morgan fingerprint density at radius 1 is 1.17 bits per heavy atom. The van der Waals surface area contributed by atoms with Gasteiger partial charge in [0.25, 0.3) is 11.8 Å². The summed E-state index contributed by atoms with van der Waals surface area (Å²) < 4.78 is 10.3. The number of rotatable bonds is 5. The van der Waals surface area contributed by atoms with Gasteiger partial charge in [0.2, 0.25) is 0 Å². The first-order chi connectivity index (χ1) is 13.9.